The van der Waals surface area contributed by atoms with Gasteiger partial charge in [0.15, 0.2) is 5.96 Å². The molecule has 4 nitrogen and oxygen atoms in total. The van der Waals surface area contributed by atoms with E-state index in [9.17, 15) is 0 Å². The molecule has 1 aromatic rings. The third kappa shape index (κ3) is 4.56. The van der Waals surface area contributed by atoms with Gasteiger partial charge in [-0.25, -0.2) is 4.99 Å². The number of nitrogens with one attached hydrogen (secondary N) is 2. The van der Waals surface area contributed by atoms with Crippen LogP contribution in [0.5, 0.6) is 0 Å². The van der Waals surface area contributed by atoms with Crippen LogP contribution >= 0.6 is 51.2 Å². The van der Waals surface area contributed by atoms with Gasteiger partial charge in [0.1, 0.15) is 0 Å². The van der Waals surface area contributed by atoms with Crippen LogP contribution in [0, 0.1) is 0 Å². The van der Waals surface area contributed by atoms with Gasteiger partial charge in [-0.1, -0.05) is 0 Å². The van der Waals surface area contributed by atoms with E-state index in [0.29, 0.717) is 24.8 Å². The summed E-state index contributed by atoms with van der Waals surface area (Å²) in [6.45, 7) is 3.69. The Balaban J connectivity index is 0.00000161. The lowest BCUT2D eigenvalue weighted by Gasteiger charge is -2.22. The first kappa shape index (κ1) is 17.5. The van der Waals surface area contributed by atoms with Gasteiger partial charge in [-0.15, -0.1) is 35.3 Å². The molecule has 0 aliphatic carbocycles. The summed E-state index contributed by atoms with van der Waals surface area (Å²) in [6.07, 6.45) is 4.35. The highest BCUT2D eigenvalue weighted by Crippen LogP contribution is 2.34. The third-order valence-corrected chi connectivity index (χ3v) is 5.40. The molecule has 3 unspecified atom stereocenters. The van der Waals surface area contributed by atoms with E-state index in [4.69, 9.17) is 4.74 Å². The van der Waals surface area contributed by atoms with Crippen molar-refractivity contribution in [2.75, 3.05) is 6.54 Å². The SMILES string of the molecule is CCNC(=NCc1ccc(Br)s1)NC1CC2CCC1O2.I. The van der Waals surface area contributed by atoms with Crippen LogP contribution in [0.25, 0.3) is 0 Å². The largest absolute Gasteiger partial charge is 0.373 e. The van der Waals surface area contributed by atoms with Crippen molar-refractivity contribution in [3.8, 4) is 0 Å². The van der Waals surface area contributed by atoms with Gasteiger partial charge in [-0.05, 0) is 54.2 Å². The van der Waals surface area contributed by atoms with E-state index >= 15 is 0 Å². The first-order valence-corrected chi connectivity index (χ1v) is 8.80. The fraction of sp³-hybridized carbons (Fsp3) is 0.643. The summed E-state index contributed by atoms with van der Waals surface area (Å²) in [7, 11) is 0. The van der Waals surface area contributed by atoms with Gasteiger partial charge in [0, 0.05) is 11.4 Å². The smallest absolute Gasteiger partial charge is 0.191 e. The lowest BCUT2D eigenvalue weighted by molar-refractivity contribution is 0.0992. The molecule has 3 atom stereocenters. The molecule has 7 heteroatoms. The van der Waals surface area contributed by atoms with Crippen LogP contribution < -0.4 is 10.6 Å². The van der Waals surface area contributed by atoms with Crippen LogP contribution in [0.2, 0.25) is 0 Å². The van der Waals surface area contributed by atoms with Crippen molar-refractivity contribution in [3.63, 3.8) is 0 Å². The zero-order valence-corrected chi connectivity index (χ0v) is 16.7. The number of hydrogen-bond donors (Lipinski definition) is 2. The summed E-state index contributed by atoms with van der Waals surface area (Å²) < 4.78 is 7.04. The molecule has 0 saturated carbocycles. The first-order chi connectivity index (χ1) is 9.74. The highest BCUT2D eigenvalue weighted by molar-refractivity contribution is 14.0. The second-order valence-electron chi connectivity index (χ2n) is 5.26. The van der Waals surface area contributed by atoms with Crippen molar-refractivity contribution in [1.82, 2.24) is 10.6 Å². The first-order valence-electron chi connectivity index (χ1n) is 7.19. The van der Waals surface area contributed by atoms with E-state index in [1.807, 2.05) is 0 Å². The summed E-state index contributed by atoms with van der Waals surface area (Å²) in [5.41, 5.74) is 0. The van der Waals surface area contributed by atoms with Crippen molar-refractivity contribution in [1.29, 1.82) is 0 Å². The Labute approximate surface area is 155 Å². The topological polar surface area (TPSA) is 45.7 Å². The van der Waals surface area contributed by atoms with Gasteiger partial charge in [0.25, 0.3) is 0 Å². The average molecular weight is 486 g/mol. The molecule has 2 saturated heterocycles. The molecule has 118 valence electrons. The maximum atomic E-state index is 5.88. The minimum Gasteiger partial charge on any atom is -0.373 e. The molecule has 2 bridgehead atoms. The predicted molar refractivity (Wildman–Crippen MR) is 102 cm³/mol. The maximum absolute atomic E-state index is 5.88. The zero-order chi connectivity index (χ0) is 13.9. The van der Waals surface area contributed by atoms with Gasteiger partial charge >= 0.3 is 0 Å². The van der Waals surface area contributed by atoms with Crippen molar-refractivity contribution in [3.05, 3.63) is 20.8 Å². The van der Waals surface area contributed by atoms with Gasteiger partial charge in [0.05, 0.1) is 28.6 Å². The maximum Gasteiger partial charge on any atom is 0.191 e. The van der Waals surface area contributed by atoms with Gasteiger partial charge in [-0.2, -0.15) is 0 Å². The molecule has 0 radical (unpaired) electrons. The summed E-state index contributed by atoms with van der Waals surface area (Å²) in [5.74, 6) is 0.901. The lowest BCUT2D eigenvalue weighted by atomic mass is 9.96. The van der Waals surface area contributed by atoms with Crippen molar-refractivity contribution < 1.29 is 4.74 Å². The molecule has 2 aliphatic heterocycles. The fourth-order valence-electron chi connectivity index (χ4n) is 2.88. The average Bonchev–Trinajstić information content (AvgIpc) is 3.13. The molecular formula is C14H21BrIN3OS. The number of guanidine groups is 1. The van der Waals surface area contributed by atoms with E-state index in [1.54, 1.807) is 11.3 Å². The van der Waals surface area contributed by atoms with Crippen LogP contribution in [-0.4, -0.2) is 30.8 Å². The van der Waals surface area contributed by atoms with Gasteiger partial charge in [-0.3, -0.25) is 0 Å². The van der Waals surface area contributed by atoms with E-state index in [0.717, 1.165) is 22.7 Å². The molecule has 3 heterocycles. The predicted octanol–water partition coefficient (Wildman–Crippen LogP) is 3.50. The highest BCUT2D eigenvalue weighted by Gasteiger charge is 2.41. The van der Waals surface area contributed by atoms with Crippen LogP contribution in [0.15, 0.2) is 20.9 Å². The normalized spacial score (nSPS) is 27.5. The van der Waals surface area contributed by atoms with E-state index < -0.39 is 0 Å². The number of thiophene rings is 1. The highest BCUT2D eigenvalue weighted by atomic mass is 127. The molecule has 2 fully saturated rings. The standard InChI is InChI=1S/C14H20BrN3OS.HI/c1-2-16-14(17-8-10-4-6-13(15)20-10)18-11-7-9-3-5-12(11)19-9;/h4,6,9,11-12H,2-3,5,7-8H2,1H3,(H2,16,17,18);1H. The van der Waals surface area contributed by atoms with Gasteiger partial charge in [0.2, 0.25) is 0 Å². The number of ether oxygens (including phenoxy) is 1. The molecule has 3 rings (SSSR count). The monoisotopic (exact) mass is 485 g/mol. The summed E-state index contributed by atoms with van der Waals surface area (Å²) in [4.78, 5) is 5.93. The van der Waals surface area contributed by atoms with Crippen molar-refractivity contribution in [2.24, 2.45) is 4.99 Å². The van der Waals surface area contributed by atoms with Crippen LogP contribution in [0.4, 0.5) is 0 Å². The van der Waals surface area contributed by atoms with E-state index in [2.05, 4.69) is 50.6 Å². The number of rotatable bonds is 4. The zero-order valence-electron chi connectivity index (χ0n) is 12.0. The minimum atomic E-state index is 0. The molecule has 0 amide bonds. The summed E-state index contributed by atoms with van der Waals surface area (Å²) in [6, 6.07) is 4.60. The second-order valence-corrected chi connectivity index (χ2v) is 7.81. The van der Waals surface area contributed by atoms with E-state index in [1.165, 1.54) is 17.7 Å². The number of fused-ring (bicyclic) bond motifs is 2. The fourth-order valence-corrected chi connectivity index (χ4v) is 4.29. The van der Waals surface area contributed by atoms with Crippen molar-refractivity contribution in [2.45, 2.75) is 51.0 Å². The summed E-state index contributed by atoms with van der Waals surface area (Å²) >= 11 is 5.22. The van der Waals surface area contributed by atoms with Crippen LogP contribution in [0.3, 0.4) is 0 Å². The van der Waals surface area contributed by atoms with Crippen molar-refractivity contribution >= 4 is 57.2 Å². The number of nitrogens with zero attached hydrogens (tertiary/aromatic N) is 1. The minimum absolute atomic E-state index is 0. The van der Waals surface area contributed by atoms with Crippen LogP contribution in [0.1, 0.15) is 31.1 Å². The van der Waals surface area contributed by atoms with Crippen LogP contribution in [-0.2, 0) is 11.3 Å². The lowest BCUT2D eigenvalue weighted by Crippen LogP contribution is -2.47. The number of aliphatic imine (C=N–C) groups is 1. The second kappa shape index (κ2) is 8.12. The Bertz CT molecular complexity index is 496. The third-order valence-electron chi connectivity index (χ3n) is 3.79. The Morgan fingerprint density at radius 1 is 1.48 bits per heavy atom. The Morgan fingerprint density at radius 2 is 2.33 bits per heavy atom. The molecular weight excluding hydrogens is 465 g/mol. The molecule has 21 heavy (non-hydrogen) atoms. The molecule has 2 aliphatic rings. The Kier molecular flexibility index (Phi) is 6.77. The molecule has 0 spiro atoms. The van der Waals surface area contributed by atoms with Gasteiger partial charge < -0.3 is 15.4 Å². The number of halogens is 2. The quantitative estimate of drug-likeness (QED) is 0.389. The number of hydrogen-bond acceptors (Lipinski definition) is 3. The molecule has 1 aromatic heterocycles. The summed E-state index contributed by atoms with van der Waals surface area (Å²) in [5, 5.41) is 6.85. The molecule has 2 N–H and O–H groups in total. The Hall–Kier alpha value is 0.140. The molecule has 0 aromatic carbocycles. The van der Waals surface area contributed by atoms with E-state index in [-0.39, 0.29) is 24.0 Å². The Morgan fingerprint density at radius 3 is 2.90 bits per heavy atom.